The summed E-state index contributed by atoms with van der Waals surface area (Å²) in [6, 6.07) is 20.5. The highest BCUT2D eigenvalue weighted by Gasteiger charge is 2.57. The SMILES string of the molecule is CC(c1ccccc1)N1CC2C(COC(=O)C(O)(c3ccccc3)C3CCCC3)C2C1. The minimum Gasteiger partial charge on any atom is -0.463 e. The zero-order valence-electron chi connectivity index (χ0n) is 18.3. The molecule has 4 nitrogen and oxygen atoms in total. The van der Waals surface area contributed by atoms with Gasteiger partial charge in [-0.3, -0.25) is 4.90 Å². The van der Waals surface area contributed by atoms with Gasteiger partial charge in [-0.1, -0.05) is 73.5 Å². The number of ether oxygens (including phenoxy) is 1. The minimum absolute atomic E-state index is 0.0525. The Bertz CT molecular complexity index is 883. The maximum absolute atomic E-state index is 13.2. The first kappa shape index (κ1) is 20.7. The summed E-state index contributed by atoms with van der Waals surface area (Å²) in [4.78, 5) is 15.7. The number of aliphatic hydroxyl groups is 1. The molecule has 3 fully saturated rings. The van der Waals surface area contributed by atoms with Crippen molar-refractivity contribution < 1.29 is 14.6 Å². The van der Waals surface area contributed by atoms with E-state index in [2.05, 4.69) is 42.2 Å². The number of benzene rings is 2. The molecule has 0 aromatic heterocycles. The molecular weight excluding hydrogens is 386 g/mol. The number of carbonyl (C=O) groups is 1. The van der Waals surface area contributed by atoms with Gasteiger partial charge >= 0.3 is 5.97 Å². The Morgan fingerprint density at radius 1 is 1.03 bits per heavy atom. The van der Waals surface area contributed by atoms with Crippen LogP contribution >= 0.6 is 0 Å². The summed E-state index contributed by atoms with van der Waals surface area (Å²) in [6.45, 7) is 4.84. The minimum atomic E-state index is -1.52. The summed E-state index contributed by atoms with van der Waals surface area (Å²) in [5, 5.41) is 11.5. The number of piperidine rings is 1. The first-order chi connectivity index (χ1) is 15.1. The van der Waals surface area contributed by atoms with E-state index in [-0.39, 0.29) is 5.92 Å². The zero-order valence-corrected chi connectivity index (χ0v) is 18.3. The molecule has 31 heavy (non-hydrogen) atoms. The molecule has 2 aromatic rings. The average Bonchev–Trinajstić information content (AvgIpc) is 3.22. The van der Waals surface area contributed by atoms with Gasteiger partial charge in [-0.25, -0.2) is 4.79 Å². The molecule has 1 N–H and O–H groups in total. The summed E-state index contributed by atoms with van der Waals surface area (Å²) in [6.07, 6.45) is 3.88. The van der Waals surface area contributed by atoms with Crippen LogP contribution in [0.15, 0.2) is 60.7 Å². The van der Waals surface area contributed by atoms with Crippen LogP contribution in [0.25, 0.3) is 0 Å². The highest BCUT2D eigenvalue weighted by Crippen LogP contribution is 2.53. The van der Waals surface area contributed by atoms with Gasteiger partial charge in [-0.2, -0.15) is 0 Å². The number of hydrogen-bond donors (Lipinski definition) is 1. The predicted octanol–water partition coefficient (Wildman–Crippen LogP) is 4.55. The van der Waals surface area contributed by atoms with Gasteiger partial charge in [-0.05, 0) is 42.7 Å². The predicted molar refractivity (Wildman–Crippen MR) is 120 cm³/mol. The number of fused-ring (bicyclic) bond motifs is 1. The van der Waals surface area contributed by atoms with Crippen molar-refractivity contribution in [3.8, 4) is 0 Å². The highest BCUT2D eigenvalue weighted by molar-refractivity contribution is 5.81. The fraction of sp³-hybridized carbons (Fsp3) is 0.519. The maximum Gasteiger partial charge on any atom is 0.343 e. The van der Waals surface area contributed by atoms with Crippen LogP contribution in [0.4, 0.5) is 0 Å². The molecule has 4 unspecified atom stereocenters. The number of esters is 1. The topological polar surface area (TPSA) is 49.8 Å². The molecule has 1 saturated heterocycles. The summed E-state index contributed by atoms with van der Waals surface area (Å²) in [7, 11) is 0. The number of carbonyl (C=O) groups excluding carboxylic acids is 1. The van der Waals surface area contributed by atoms with Gasteiger partial charge in [0, 0.05) is 31.0 Å². The Balaban J connectivity index is 1.19. The third-order valence-corrected chi connectivity index (χ3v) is 8.11. The van der Waals surface area contributed by atoms with Gasteiger partial charge < -0.3 is 9.84 Å². The summed E-state index contributed by atoms with van der Waals surface area (Å²) >= 11 is 0. The van der Waals surface area contributed by atoms with E-state index in [0.29, 0.717) is 36.0 Å². The second kappa shape index (κ2) is 8.40. The Hall–Kier alpha value is -2.17. The molecule has 164 valence electrons. The lowest BCUT2D eigenvalue weighted by atomic mass is 9.80. The van der Waals surface area contributed by atoms with Crippen LogP contribution in [-0.2, 0) is 15.1 Å². The molecule has 3 aliphatic rings. The van der Waals surface area contributed by atoms with Crippen molar-refractivity contribution in [3.63, 3.8) is 0 Å². The molecule has 0 radical (unpaired) electrons. The number of rotatable bonds is 7. The van der Waals surface area contributed by atoms with Crippen molar-refractivity contribution in [2.24, 2.45) is 23.7 Å². The third kappa shape index (κ3) is 3.81. The first-order valence-corrected chi connectivity index (χ1v) is 11.8. The van der Waals surface area contributed by atoms with Crippen molar-refractivity contribution >= 4 is 5.97 Å². The van der Waals surface area contributed by atoms with Crippen molar-refractivity contribution in [1.29, 1.82) is 0 Å². The van der Waals surface area contributed by atoms with Crippen molar-refractivity contribution in [2.75, 3.05) is 19.7 Å². The van der Waals surface area contributed by atoms with E-state index in [0.717, 1.165) is 38.8 Å². The molecule has 0 spiro atoms. The van der Waals surface area contributed by atoms with Crippen LogP contribution < -0.4 is 0 Å². The molecule has 0 bridgehead atoms. The third-order valence-electron chi connectivity index (χ3n) is 8.11. The van der Waals surface area contributed by atoms with E-state index in [1.807, 2.05) is 30.3 Å². The van der Waals surface area contributed by atoms with Crippen molar-refractivity contribution in [2.45, 2.75) is 44.2 Å². The van der Waals surface area contributed by atoms with E-state index >= 15 is 0 Å². The van der Waals surface area contributed by atoms with Crippen LogP contribution in [0.2, 0.25) is 0 Å². The van der Waals surface area contributed by atoms with E-state index in [4.69, 9.17) is 4.74 Å². The normalized spacial score (nSPS) is 28.6. The summed E-state index contributed by atoms with van der Waals surface area (Å²) in [5.74, 6) is 1.14. The largest absolute Gasteiger partial charge is 0.463 e. The lowest BCUT2D eigenvalue weighted by Gasteiger charge is -2.32. The molecular formula is C27H33NO3. The smallest absolute Gasteiger partial charge is 0.343 e. The van der Waals surface area contributed by atoms with E-state index in [9.17, 15) is 9.90 Å². The van der Waals surface area contributed by atoms with Crippen molar-refractivity contribution in [3.05, 3.63) is 71.8 Å². The Morgan fingerprint density at radius 3 is 2.23 bits per heavy atom. The van der Waals surface area contributed by atoms with Gasteiger partial charge in [0.25, 0.3) is 0 Å². The Labute approximate surface area is 185 Å². The number of hydrogen-bond acceptors (Lipinski definition) is 4. The van der Waals surface area contributed by atoms with Crippen LogP contribution in [0.1, 0.15) is 49.8 Å². The monoisotopic (exact) mass is 419 g/mol. The number of likely N-dealkylation sites (tertiary alicyclic amines) is 1. The fourth-order valence-electron chi connectivity index (χ4n) is 6.03. The van der Waals surface area contributed by atoms with Gasteiger partial charge in [0.2, 0.25) is 0 Å². The second-order valence-electron chi connectivity index (χ2n) is 9.74. The quantitative estimate of drug-likeness (QED) is 0.669. The van der Waals surface area contributed by atoms with Crippen LogP contribution in [0.5, 0.6) is 0 Å². The molecule has 1 aliphatic heterocycles. The zero-order chi connectivity index (χ0) is 21.4. The fourth-order valence-corrected chi connectivity index (χ4v) is 6.03. The maximum atomic E-state index is 13.2. The standard InChI is InChI=1S/C27H33NO3/c1-19(20-10-4-2-5-11-20)28-16-23-24(17-28)25(23)18-31-26(29)27(30,22-14-8-9-15-22)21-12-6-3-7-13-21/h2-7,10-13,19,22-25,30H,8-9,14-18H2,1H3. The highest BCUT2D eigenvalue weighted by atomic mass is 16.6. The lowest BCUT2D eigenvalue weighted by molar-refractivity contribution is -0.174. The summed E-state index contributed by atoms with van der Waals surface area (Å²) in [5.41, 5.74) is 0.511. The Morgan fingerprint density at radius 2 is 1.61 bits per heavy atom. The van der Waals surface area contributed by atoms with Crippen LogP contribution in [0, 0.1) is 23.7 Å². The van der Waals surface area contributed by atoms with E-state index in [1.54, 1.807) is 0 Å². The number of nitrogens with zero attached hydrogens (tertiary/aromatic N) is 1. The lowest BCUT2D eigenvalue weighted by Crippen LogP contribution is -2.43. The molecule has 4 heteroatoms. The second-order valence-corrected chi connectivity index (χ2v) is 9.74. The average molecular weight is 420 g/mol. The van der Waals surface area contributed by atoms with Gasteiger partial charge in [-0.15, -0.1) is 0 Å². The summed E-state index contributed by atoms with van der Waals surface area (Å²) < 4.78 is 5.81. The van der Waals surface area contributed by atoms with Gasteiger partial charge in [0.15, 0.2) is 5.60 Å². The van der Waals surface area contributed by atoms with Gasteiger partial charge in [0.05, 0.1) is 6.61 Å². The van der Waals surface area contributed by atoms with E-state index < -0.39 is 11.6 Å². The van der Waals surface area contributed by atoms with E-state index in [1.165, 1.54) is 5.56 Å². The molecule has 0 amide bonds. The van der Waals surface area contributed by atoms with Gasteiger partial charge in [0.1, 0.15) is 0 Å². The molecule has 2 aromatic carbocycles. The molecule has 1 heterocycles. The molecule has 2 saturated carbocycles. The van der Waals surface area contributed by atoms with Crippen molar-refractivity contribution in [1.82, 2.24) is 4.90 Å². The molecule has 2 aliphatic carbocycles. The Kier molecular flexibility index (Phi) is 5.61. The van der Waals surface area contributed by atoms with Crippen LogP contribution in [-0.4, -0.2) is 35.7 Å². The molecule has 4 atom stereocenters. The van der Waals surface area contributed by atoms with Crippen LogP contribution in [0.3, 0.4) is 0 Å². The first-order valence-electron chi connectivity index (χ1n) is 11.8. The molecule has 5 rings (SSSR count).